The Balaban J connectivity index is 2.76. The minimum atomic E-state index is -1.06. The van der Waals surface area contributed by atoms with Crippen LogP contribution in [-0.4, -0.2) is 21.2 Å². The Hall–Kier alpha value is -0.313. The molecule has 1 aromatic carbocycles. The normalized spacial score (nSPS) is 13.6. The summed E-state index contributed by atoms with van der Waals surface area (Å²) in [5.41, 5.74) is 1.38. The molecule has 0 amide bonds. The van der Waals surface area contributed by atoms with Crippen molar-refractivity contribution in [3.05, 3.63) is 34.9 Å². The van der Waals surface area contributed by atoms with Crippen LogP contribution in [0.1, 0.15) is 24.8 Å². The summed E-state index contributed by atoms with van der Waals surface area (Å²) in [5.74, 6) is 0.599. The van der Waals surface area contributed by atoms with E-state index in [4.69, 9.17) is 11.6 Å². The van der Waals surface area contributed by atoms with Crippen LogP contribution >= 0.6 is 11.6 Å². The summed E-state index contributed by atoms with van der Waals surface area (Å²) < 4.78 is 0. The Bertz CT molecular complexity index is 360. The van der Waals surface area contributed by atoms with Gasteiger partial charge in [-0.15, -0.1) is 0 Å². The highest BCUT2D eigenvalue weighted by atomic mass is 35.5. The van der Waals surface area contributed by atoms with Crippen molar-refractivity contribution in [3.8, 4) is 0 Å². The van der Waals surface area contributed by atoms with Gasteiger partial charge in [0, 0.05) is 19.6 Å². The number of hydrogen-bond acceptors (Lipinski definition) is 1. The SMILES string of the molecule is CCCNCC(C[Si](C)(C)C)c1cccc(Cl)c1. The summed E-state index contributed by atoms with van der Waals surface area (Å²) in [7, 11) is -1.06. The van der Waals surface area contributed by atoms with E-state index in [1.54, 1.807) is 0 Å². The third kappa shape index (κ3) is 6.03. The van der Waals surface area contributed by atoms with Gasteiger partial charge in [-0.3, -0.25) is 0 Å². The van der Waals surface area contributed by atoms with Crippen molar-refractivity contribution >= 4 is 19.7 Å². The fraction of sp³-hybridized carbons (Fsp3) is 0.600. The van der Waals surface area contributed by atoms with Crippen LogP contribution < -0.4 is 5.32 Å². The fourth-order valence-corrected chi connectivity index (χ4v) is 4.32. The Labute approximate surface area is 118 Å². The van der Waals surface area contributed by atoms with Gasteiger partial charge in [-0.05, 0) is 42.6 Å². The highest BCUT2D eigenvalue weighted by Crippen LogP contribution is 2.27. The zero-order valence-electron chi connectivity index (χ0n) is 12.1. The Morgan fingerprint density at radius 1 is 1.28 bits per heavy atom. The molecule has 0 fully saturated rings. The van der Waals surface area contributed by atoms with Crippen molar-refractivity contribution < 1.29 is 0 Å². The van der Waals surface area contributed by atoms with Crippen LogP contribution in [0.4, 0.5) is 0 Å². The van der Waals surface area contributed by atoms with E-state index in [1.165, 1.54) is 18.0 Å². The average Bonchev–Trinajstić information content (AvgIpc) is 2.26. The maximum atomic E-state index is 6.11. The summed E-state index contributed by atoms with van der Waals surface area (Å²) in [4.78, 5) is 0. The van der Waals surface area contributed by atoms with Gasteiger partial charge in [0.05, 0.1) is 0 Å². The first-order valence-corrected chi connectivity index (χ1v) is 11.0. The topological polar surface area (TPSA) is 12.0 Å². The molecule has 1 aromatic rings. The molecule has 1 nitrogen and oxygen atoms in total. The van der Waals surface area contributed by atoms with E-state index in [2.05, 4.69) is 50.1 Å². The summed E-state index contributed by atoms with van der Waals surface area (Å²) in [6.07, 6.45) is 1.19. The lowest BCUT2D eigenvalue weighted by Crippen LogP contribution is -2.29. The van der Waals surface area contributed by atoms with Crippen molar-refractivity contribution in [2.45, 2.75) is 44.9 Å². The van der Waals surface area contributed by atoms with E-state index in [1.807, 2.05) is 6.07 Å². The molecule has 0 heterocycles. The molecule has 0 bridgehead atoms. The van der Waals surface area contributed by atoms with E-state index in [-0.39, 0.29) is 0 Å². The monoisotopic (exact) mass is 283 g/mol. The highest BCUT2D eigenvalue weighted by Gasteiger charge is 2.21. The zero-order valence-corrected chi connectivity index (χ0v) is 13.8. The first kappa shape index (κ1) is 15.7. The van der Waals surface area contributed by atoms with Crippen molar-refractivity contribution in [2.24, 2.45) is 0 Å². The lowest BCUT2D eigenvalue weighted by atomic mass is 10.0. The molecule has 18 heavy (non-hydrogen) atoms. The summed E-state index contributed by atoms with van der Waals surface area (Å²) in [6.45, 7) is 11.7. The molecule has 0 saturated carbocycles. The van der Waals surface area contributed by atoms with Gasteiger partial charge in [0.25, 0.3) is 0 Å². The summed E-state index contributed by atoms with van der Waals surface area (Å²) >= 11 is 6.11. The van der Waals surface area contributed by atoms with Gasteiger partial charge in [0.2, 0.25) is 0 Å². The third-order valence-electron chi connectivity index (χ3n) is 3.00. The minimum absolute atomic E-state index is 0.599. The fourth-order valence-electron chi connectivity index (χ4n) is 2.26. The van der Waals surface area contributed by atoms with Gasteiger partial charge in [-0.1, -0.05) is 50.3 Å². The predicted octanol–water partition coefficient (Wildman–Crippen LogP) is 4.76. The van der Waals surface area contributed by atoms with E-state index in [0.717, 1.165) is 18.1 Å². The number of halogens is 1. The second-order valence-electron chi connectivity index (χ2n) is 6.22. The molecule has 0 aromatic heterocycles. The second kappa shape index (κ2) is 7.32. The number of rotatable bonds is 7. The molecule has 0 spiro atoms. The lowest BCUT2D eigenvalue weighted by Gasteiger charge is -2.25. The van der Waals surface area contributed by atoms with Crippen molar-refractivity contribution in [2.75, 3.05) is 13.1 Å². The molecule has 1 rings (SSSR count). The van der Waals surface area contributed by atoms with E-state index >= 15 is 0 Å². The van der Waals surface area contributed by atoms with E-state index in [0.29, 0.717) is 5.92 Å². The molecule has 1 N–H and O–H groups in total. The average molecular weight is 284 g/mol. The second-order valence-corrected chi connectivity index (χ2v) is 12.2. The number of hydrogen-bond donors (Lipinski definition) is 1. The summed E-state index contributed by atoms with van der Waals surface area (Å²) in [6, 6.07) is 9.67. The molecule has 0 saturated heterocycles. The van der Waals surface area contributed by atoms with Crippen LogP contribution in [-0.2, 0) is 0 Å². The molecule has 1 atom stereocenters. The zero-order chi connectivity index (χ0) is 13.6. The molecule has 0 aliphatic heterocycles. The van der Waals surface area contributed by atoms with Crippen LogP contribution in [0, 0.1) is 0 Å². The van der Waals surface area contributed by atoms with Gasteiger partial charge in [-0.25, -0.2) is 0 Å². The largest absolute Gasteiger partial charge is 0.316 e. The van der Waals surface area contributed by atoms with Crippen molar-refractivity contribution in [3.63, 3.8) is 0 Å². The van der Waals surface area contributed by atoms with Gasteiger partial charge in [0.1, 0.15) is 0 Å². The number of nitrogens with one attached hydrogen (secondary N) is 1. The van der Waals surface area contributed by atoms with E-state index in [9.17, 15) is 0 Å². The highest BCUT2D eigenvalue weighted by molar-refractivity contribution is 6.76. The quantitative estimate of drug-likeness (QED) is 0.562. The Morgan fingerprint density at radius 2 is 2.00 bits per heavy atom. The van der Waals surface area contributed by atoms with Crippen molar-refractivity contribution in [1.82, 2.24) is 5.32 Å². The van der Waals surface area contributed by atoms with Crippen molar-refractivity contribution in [1.29, 1.82) is 0 Å². The van der Waals surface area contributed by atoms with Gasteiger partial charge < -0.3 is 5.32 Å². The molecule has 0 aliphatic carbocycles. The molecule has 0 radical (unpaired) electrons. The molecule has 0 aliphatic rings. The molecule has 3 heteroatoms. The van der Waals surface area contributed by atoms with Crippen LogP contribution in [0.3, 0.4) is 0 Å². The smallest absolute Gasteiger partial charge is 0.0449 e. The molecular formula is C15H26ClNSi. The Kier molecular flexibility index (Phi) is 6.40. The van der Waals surface area contributed by atoms with Gasteiger partial charge in [0.15, 0.2) is 0 Å². The van der Waals surface area contributed by atoms with Crippen LogP contribution in [0.25, 0.3) is 0 Å². The Morgan fingerprint density at radius 3 is 2.56 bits per heavy atom. The number of benzene rings is 1. The third-order valence-corrected chi connectivity index (χ3v) is 4.95. The molecule has 102 valence electrons. The molecule has 1 unspecified atom stereocenters. The van der Waals surface area contributed by atoms with Crippen LogP contribution in [0.5, 0.6) is 0 Å². The van der Waals surface area contributed by atoms with Crippen LogP contribution in [0.15, 0.2) is 24.3 Å². The summed E-state index contributed by atoms with van der Waals surface area (Å²) in [5, 5.41) is 4.41. The lowest BCUT2D eigenvalue weighted by molar-refractivity contribution is 0.605. The van der Waals surface area contributed by atoms with Gasteiger partial charge in [-0.2, -0.15) is 0 Å². The van der Waals surface area contributed by atoms with Gasteiger partial charge >= 0.3 is 0 Å². The minimum Gasteiger partial charge on any atom is -0.316 e. The maximum Gasteiger partial charge on any atom is 0.0449 e. The van der Waals surface area contributed by atoms with E-state index < -0.39 is 8.07 Å². The first-order valence-electron chi connectivity index (χ1n) is 6.88. The maximum absolute atomic E-state index is 6.11. The standard InChI is InChI=1S/C15H26ClNSi/c1-5-9-17-11-14(12-18(2,3)4)13-7-6-8-15(16)10-13/h6-8,10,14,17H,5,9,11-12H2,1-4H3. The predicted molar refractivity (Wildman–Crippen MR) is 85.5 cm³/mol. The molecular weight excluding hydrogens is 258 g/mol. The first-order chi connectivity index (χ1) is 8.42. The van der Waals surface area contributed by atoms with Crippen LogP contribution in [0.2, 0.25) is 30.7 Å².